The van der Waals surface area contributed by atoms with Crippen LogP contribution in [-0.4, -0.2) is 22.2 Å². The van der Waals surface area contributed by atoms with Gasteiger partial charge in [-0.25, -0.2) is 13.5 Å². The fourth-order valence-corrected chi connectivity index (χ4v) is 2.79. The van der Waals surface area contributed by atoms with E-state index in [9.17, 15) is 13.6 Å². The highest BCUT2D eigenvalue weighted by Crippen LogP contribution is 2.24. The highest BCUT2D eigenvalue weighted by atomic mass is 19.1. The Labute approximate surface area is 156 Å². The van der Waals surface area contributed by atoms with Gasteiger partial charge in [0.15, 0.2) is 0 Å². The van der Waals surface area contributed by atoms with E-state index in [1.54, 1.807) is 24.3 Å². The number of hydrogen-bond acceptors (Lipinski definition) is 2. The largest absolute Gasteiger partial charge is 0.351 e. The molecule has 1 aromatic heterocycles. The topological polar surface area (TPSA) is 46.9 Å². The monoisotopic (exact) mass is 369 g/mol. The third kappa shape index (κ3) is 4.39. The summed E-state index contributed by atoms with van der Waals surface area (Å²) < 4.78 is 28.8. The molecule has 4 nitrogen and oxygen atoms in total. The number of benzene rings is 2. The maximum Gasteiger partial charge on any atom is 0.270 e. The van der Waals surface area contributed by atoms with E-state index in [0.717, 1.165) is 19.3 Å². The Hall–Kier alpha value is -3.02. The van der Waals surface area contributed by atoms with Crippen LogP contribution in [0.25, 0.3) is 16.9 Å². The zero-order valence-electron chi connectivity index (χ0n) is 15.1. The standard InChI is InChI=1S/C21H21F2N3O/c1-2-3-6-13-24-21(27)20-14-19(17-7-4-5-8-18(17)23)25-26(20)16-11-9-15(22)10-12-16/h4-5,7-12,14H,2-3,6,13H2,1H3,(H,24,27). The van der Waals surface area contributed by atoms with E-state index in [4.69, 9.17) is 0 Å². The fraction of sp³-hybridized carbons (Fsp3) is 0.238. The molecule has 1 heterocycles. The summed E-state index contributed by atoms with van der Waals surface area (Å²) in [6.45, 7) is 2.64. The molecule has 1 amide bonds. The minimum Gasteiger partial charge on any atom is -0.351 e. The van der Waals surface area contributed by atoms with Gasteiger partial charge >= 0.3 is 0 Å². The molecule has 0 saturated carbocycles. The van der Waals surface area contributed by atoms with Crippen LogP contribution >= 0.6 is 0 Å². The van der Waals surface area contributed by atoms with Gasteiger partial charge in [0, 0.05) is 12.1 Å². The Kier molecular flexibility index (Phi) is 5.96. The molecule has 140 valence electrons. The van der Waals surface area contributed by atoms with Crippen molar-refractivity contribution in [3.05, 3.63) is 71.9 Å². The number of rotatable bonds is 7. The van der Waals surface area contributed by atoms with E-state index in [-0.39, 0.29) is 17.4 Å². The van der Waals surface area contributed by atoms with Crippen LogP contribution in [0, 0.1) is 11.6 Å². The molecule has 0 atom stereocenters. The number of halogens is 2. The molecule has 6 heteroatoms. The highest BCUT2D eigenvalue weighted by Gasteiger charge is 2.19. The Bertz CT molecular complexity index is 919. The molecular formula is C21H21F2N3O. The number of nitrogens with one attached hydrogen (secondary N) is 1. The first-order valence-corrected chi connectivity index (χ1v) is 8.99. The lowest BCUT2D eigenvalue weighted by molar-refractivity contribution is 0.0945. The minimum absolute atomic E-state index is 0.274. The lowest BCUT2D eigenvalue weighted by Gasteiger charge is -2.08. The normalized spacial score (nSPS) is 10.8. The van der Waals surface area contributed by atoms with Crippen LogP contribution in [0.4, 0.5) is 8.78 Å². The molecule has 1 N–H and O–H groups in total. The summed E-state index contributed by atoms with van der Waals surface area (Å²) in [6.07, 6.45) is 2.96. The van der Waals surface area contributed by atoms with Crippen LogP contribution in [0.5, 0.6) is 0 Å². The third-order valence-electron chi connectivity index (χ3n) is 4.23. The molecule has 0 bridgehead atoms. The third-order valence-corrected chi connectivity index (χ3v) is 4.23. The van der Waals surface area contributed by atoms with E-state index in [2.05, 4.69) is 17.3 Å². The second-order valence-corrected chi connectivity index (χ2v) is 6.25. The molecule has 2 aromatic carbocycles. The summed E-state index contributed by atoms with van der Waals surface area (Å²) in [7, 11) is 0. The molecule has 3 rings (SSSR count). The Morgan fingerprint density at radius 2 is 1.81 bits per heavy atom. The summed E-state index contributed by atoms with van der Waals surface area (Å²) in [5.41, 5.74) is 1.45. The fourth-order valence-electron chi connectivity index (χ4n) is 2.79. The van der Waals surface area contributed by atoms with Gasteiger partial charge in [-0.05, 0) is 48.9 Å². The summed E-state index contributed by atoms with van der Waals surface area (Å²) in [6, 6.07) is 13.5. The molecule has 0 radical (unpaired) electrons. The summed E-state index contributed by atoms with van der Waals surface area (Å²) in [4.78, 5) is 12.7. The first-order chi connectivity index (χ1) is 13.1. The minimum atomic E-state index is -0.420. The molecule has 0 unspecified atom stereocenters. The number of nitrogens with zero attached hydrogens (tertiary/aromatic N) is 2. The molecule has 3 aromatic rings. The Morgan fingerprint density at radius 3 is 2.52 bits per heavy atom. The van der Waals surface area contributed by atoms with Crippen molar-refractivity contribution >= 4 is 5.91 Å². The van der Waals surface area contributed by atoms with E-state index >= 15 is 0 Å². The predicted molar refractivity (Wildman–Crippen MR) is 101 cm³/mol. The van der Waals surface area contributed by atoms with Gasteiger partial charge in [-0.15, -0.1) is 0 Å². The first-order valence-electron chi connectivity index (χ1n) is 8.99. The zero-order valence-corrected chi connectivity index (χ0v) is 15.1. The highest BCUT2D eigenvalue weighted by molar-refractivity contribution is 5.94. The molecule has 0 spiro atoms. The lowest BCUT2D eigenvalue weighted by Crippen LogP contribution is -2.26. The number of unbranched alkanes of at least 4 members (excludes halogenated alkanes) is 2. The number of carbonyl (C=O) groups is 1. The van der Waals surface area contributed by atoms with Crippen molar-refractivity contribution in [2.24, 2.45) is 0 Å². The smallest absolute Gasteiger partial charge is 0.270 e. The van der Waals surface area contributed by atoms with Gasteiger partial charge in [0.2, 0.25) is 0 Å². The average molecular weight is 369 g/mol. The van der Waals surface area contributed by atoms with Crippen molar-refractivity contribution in [1.82, 2.24) is 15.1 Å². The van der Waals surface area contributed by atoms with Crippen LogP contribution in [0.1, 0.15) is 36.7 Å². The van der Waals surface area contributed by atoms with Crippen molar-refractivity contribution in [2.75, 3.05) is 6.54 Å². The average Bonchev–Trinajstić information content (AvgIpc) is 3.11. The second-order valence-electron chi connectivity index (χ2n) is 6.25. The van der Waals surface area contributed by atoms with Gasteiger partial charge in [-0.3, -0.25) is 4.79 Å². The summed E-state index contributed by atoms with van der Waals surface area (Å²) >= 11 is 0. The molecule has 0 aliphatic rings. The van der Waals surface area contributed by atoms with E-state index in [1.165, 1.54) is 35.0 Å². The van der Waals surface area contributed by atoms with Crippen LogP contribution in [-0.2, 0) is 0 Å². The zero-order chi connectivity index (χ0) is 19.2. The SMILES string of the molecule is CCCCCNC(=O)c1cc(-c2ccccc2F)nn1-c1ccc(F)cc1. The van der Waals surface area contributed by atoms with Crippen LogP contribution in [0.2, 0.25) is 0 Å². The van der Waals surface area contributed by atoms with Gasteiger partial charge in [-0.1, -0.05) is 31.9 Å². The number of carbonyl (C=O) groups excluding carboxylic acids is 1. The molecular weight excluding hydrogens is 348 g/mol. The quantitative estimate of drug-likeness (QED) is 0.612. The maximum atomic E-state index is 14.2. The van der Waals surface area contributed by atoms with Gasteiger partial charge in [0.25, 0.3) is 5.91 Å². The van der Waals surface area contributed by atoms with Gasteiger partial charge in [0.05, 0.1) is 11.4 Å². The molecule has 0 saturated heterocycles. The second kappa shape index (κ2) is 8.58. The van der Waals surface area contributed by atoms with Crippen LogP contribution < -0.4 is 5.32 Å². The predicted octanol–water partition coefficient (Wildman–Crippen LogP) is 4.74. The van der Waals surface area contributed by atoms with Crippen molar-refractivity contribution in [3.8, 4) is 16.9 Å². The first kappa shape index (κ1) is 18.8. The number of hydrogen-bond donors (Lipinski definition) is 1. The summed E-state index contributed by atoms with van der Waals surface area (Å²) in [5, 5.41) is 7.27. The molecule has 0 aliphatic heterocycles. The van der Waals surface area contributed by atoms with Crippen molar-refractivity contribution in [1.29, 1.82) is 0 Å². The van der Waals surface area contributed by atoms with E-state index < -0.39 is 5.82 Å². The van der Waals surface area contributed by atoms with Crippen molar-refractivity contribution in [2.45, 2.75) is 26.2 Å². The van der Waals surface area contributed by atoms with Gasteiger partial charge in [0.1, 0.15) is 17.3 Å². The lowest BCUT2D eigenvalue weighted by atomic mass is 10.1. The van der Waals surface area contributed by atoms with Crippen molar-refractivity contribution in [3.63, 3.8) is 0 Å². The van der Waals surface area contributed by atoms with E-state index in [0.29, 0.717) is 23.5 Å². The number of amides is 1. The van der Waals surface area contributed by atoms with Gasteiger partial charge in [-0.2, -0.15) is 5.10 Å². The maximum absolute atomic E-state index is 14.2. The molecule has 27 heavy (non-hydrogen) atoms. The van der Waals surface area contributed by atoms with Crippen LogP contribution in [0.3, 0.4) is 0 Å². The number of aromatic nitrogens is 2. The van der Waals surface area contributed by atoms with Crippen molar-refractivity contribution < 1.29 is 13.6 Å². The molecule has 0 aliphatic carbocycles. The summed E-state index contributed by atoms with van der Waals surface area (Å²) in [5.74, 6) is -1.10. The Balaban J connectivity index is 1.98. The van der Waals surface area contributed by atoms with Gasteiger partial charge < -0.3 is 5.32 Å². The molecule has 0 fully saturated rings. The Morgan fingerprint density at radius 1 is 1.07 bits per heavy atom. The van der Waals surface area contributed by atoms with Crippen LogP contribution in [0.15, 0.2) is 54.6 Å². The van der Waals surface area contributed by atoms with E-state index in [1.807, 2.05) is 0 Å².